The fourth-order valence-electron chi connectivity index (χ4n) is 2.25. The predicted molar refractivity (Wildman–Crippen MR) is 60.2 cm³/mol. The van der Waals surface area contributed by atoms with E-state index in [0.717, 1.165) is 29.8 Å². The summed E-state index contributed by atoms with van der Waals surface area (Å²) >= 11 is 0. The van der Waals surface area contributed by atoms with Crippen LogP contribution in [-0.2, 0) is 4.79 Å². The van der Waals surface area contributed by atoms with Gasteiger partial charge in [0.05, 0.1) is 0 Å². The van der Waals surface area contributed by atoms with Crippen molar-refractivity contribution in [1.29, 1.82) is 0 Å². The normalized spacial score (nSPS) is 18.1. The SMILES string of the molecule is O=C1CCC(c2nc3ccccc3o2)CC1. The first-order chi connectivity index (χ1) is 7.83. The van der Waals surface area contributed by atoms with Crippen molar-refractivity contribution in [1.82, 2.24) is 4.98 Å². The number of hydrogen-bond acceptors (Lipinski definition) is 3. The van der Waals surface area contributed by atoms with E-state index in [2.05, 4.69) is 4.98 Å². The van der Waals surface area contributed by atoms with Gasteiger partial charge in [-0.3, -0.25) is 4.79 Å². The molecule has 0 N–H and O–H groups in total. The maximum Gasteiger partial charge on any atom is 0.198 e. The van der Waals surface area contributed by atoms with E-state index in [1.807, 2.05) is 24.3 Å². The van der Waals surface area contributed by atoms with Crippen molar-refractivity contribution < 1.29 is 9.21 Å². The summed E-state index contributed by atoms with van der Waals surface area (Å²) in [5.41, 5.74) is 1.75. The second kappa shape index (κ2) is 3.74. The molecule has 3 nitrogen and oxygen atoms in total. The Morgan fingerprint density at radius 3 is 2.69 bits per heavy atom. The third-order valence-corrected chi connectivity index (χ3v) is 3.20. The third-order valence-electron chi connectivity index (χ3n) is 3.20. The number of rotatable bonds is 1. The molecule has 3 rings (SSSR count). The van der Waals surface area contributed by atoms with Gasteiger partial charge in [-0.25, -0.2) is 4.98 Å². The van der Waals surface area contributed by atoms with Crippen LogP contribution in [0, 0.1) is 0 Å². The molecule has 0 amide bonds. The van der Waals surface area contributed by atoms with Gasteiger partial charge in [0.1, 0.15) is 11.3 Å². The second-order valence-corrected chi connectivity index (χ2v) is 4.33. The van der Waals surface area contributed by atoms with Crippen LogP contribution in [0.3, 0.4) is 0 Å². The molecule has 1 aliphatic rings. The third kappa shape index (κ3) is 1.62. The first-order valence-electron chi connectivity index (χ1n) is 5.70. The van der Waals surface area contributed by atoms with Crippen LogP contribution in [-0.4, -0.2) is 10.8 Å². The first kappa shape index (κ1) is 9.58. The van der Waals surface area contributed by atoms with Crippen molar-refractivity contribution in [2.24, 2.45) is 0 Å². The van der Waals surface area contributed by atoms with Gasteiger partial charge in [0, 0.05) is 18.8 Å². The van der Waals surface area contributed by atoms with Crippen LogP contribution in [0.1, 0.15) is 37.5 Å². The summed E-state index contributed by atoms with van der Waals surface area (Å²) in [6, 6.07) is 7.79. The summed E-state index contributed by atoms with van der Waals surface area (Å²) in [7, 11) is 0. The number of ketones is 1. The Labute approximate surface area is 93.5 Å². The van der Waals surface area contributed by atoms with Gasteiger partial charge in [-0.2, -0.15) is 0 Å². The van der Waals surface area contributed by atoms with Crippen LogP contribution in [0.2, 0.25) is 0 Å². The molecule has 0 bridgehead atoms. The minimum Gasteiger partial charge on any atom is -0.440 e. The monoisotopic (exact) mass is 215 g/mol. The minimum absolute atomic E-state index is 0.324. The van der Waals surface area contributed by atoms with E-state index in [1.165, 1.54) is 0 Å². The number of hydrogen-bond donors (Lipinski definition) is 0. The standard InChI is InChI=1S/C13H13NO2/c15-10-7-5-9(6-8-10)13-14-11-3-1-2-4-12(11)16-13/h1-4,9H,5-8H2. The highest BCUT2D eigenvalue weighted by Crippen LogP contribution is 2.32. The molecule has 0 radical (unpaired) electrons. The second-order valence-electron chi connectivity index (χ2n) is 4.33. The number of para-hydroxylation sites is 2. The summed E-state index contributed by atoms with van der Waals surface area (Å²) in [6.07, 6.45) is 3.10. The van der Waals surface area contributed by atoms with Crippen LogP contribution in [0.5, 0.6) is 0 Å². The lowest BCUT2D eigenvalue weighted by atomic mass is 9.88. The minimum atomic E-state index is 0.324. The zero-order valence-corrected chi connectivity index (χ0v) is 8.98. The average molecular weight is 215 g/mol. The molecule has 16 heavy (non-hydrogen) atoms. The Bertz CT molecular complexity index is 486. The summed E-state index contributed by atoms with van der Waals surface area (Å²) in [4.78, 5) is 15.6. The molecule has 1 aromatic carbocycles. The quantitative estimate of drug-likeness (QED) is 0.734. The Morgan fingerprint density at radius 2 is 1.94 bits per heavy atom. The average Bonchev–Trinajstić information content (AvgIpc) is 2.73. The number of aromatic nitrogens is 1. The largest absolute Gasteiger partial charge is 0.440 e. The zero-order valence-electron chi connectivity index (χ0n) is 8.98. The van der Waals surface area contributed by atoms with Crippen molar-refractivity contribution in [3.63, 3.8) is 0 Å². The van der Waals surface area contributed by atoms with Crippen molar-refractivity contribution in [3.8, 4) is 0 Å². The summed E-state index contributed by atoms with van der Waals surface area (Å²) in [5.74, 6) is 1.49. The van der Waals surface area contributed by atoms with Gasteiger partial charge >= 0.3 is 0 Å². The summed E-state index contributed by atoms with van der Waals surface area (Å²) < 4.78 is 5.72. The highest BCUT2D eigenvalue weighted by Gasteiger charge is 2.24. The molecule has 0 saturated heterocycles. The zero-order chi connectivity index (χ0) is 11.0. The summed E-state index contributed by atoms with van der Waals surface area (Å²) in [5, 5.41) is 0. The molecule has 82 valence electrons. The van der Waals surface area contributed by atoms with Crippen LogP contribution in [0.4, 0.5) is 0 Å². The van der Waals surface area contributed by atoms with Gasteiger partial charge in [0.2, 0.25) is 0 Å². The first-order valence-corrected chi connectivity index (χ1v) is 5.70. The van der Waals surface area contributed by atoms with E-state index >= 15 is 0 Å². The molecule has 0 aliphatic heterocycles. The number of Topliss-reactive ketones (excluding diaryl/α,β-unsaturated/α-hetero) is 1. The number of carbonyl (C=O) groups is 1. The lowest BCUT2D eigenvalue weighted by Crippen LogP contribution is -2.12. The van der Waals surface area contributed by atoms with Gasteiger partial charge in [-0.15, -0.1) is 0 Å². The van der Waals surface area contributed by atoms with Crippen molar-refractivity contribution >= 4 is 16.9 Å². The van der Waals surface area contributed by atoms with E-state index in [-0.39, 0.29) is 0 Å². The molecule has 1 aliphatic carbocycles. The van der Waals surface area contributed by atoms with E-state index in [1.54, 1.807) is 0 Å². The molecular weight excluding hydrogens is 202 g/mol. The van der Waals surface area contributed by atoms with E-state index < -0.39 is 0 Å². The van der Waals surface area contributed by atoms with E-state index in [0.29, 0.717) is 24.5 Å². The molecule has 0 atom stereocenters. The molecule has 1 heterocycles. The Balaban J connectivity index is 1.91. The Hall–Kier alpha value is -1.64. The molecule has 1 saturated carbocycles. The van der Waals surface area contributed by atoms with Gasteiger partial charge < -0.3 is 4.42 Å². The highest BCUT2D eigenvalue weighted by atomic mass is 16.3. The molecule has 1 fully saturated rings. The van der Waals surface area contributed by atoms with Crippen LogP contribution < -0.4 is 0 Å². The molecule has 2 aromatic rings. The molecule has 1 aromatic heterocycles. The fourth-order valence-corrected chi connectivity index (χ4v) is 2.25. The van der Waals surface area contributed by atoms with Crippen molar-refractivity contribution in [2.75, 3.05) is 0 Å². The molecule has 0 unspecified atom stereocenters. The van der Waals surface area contributed by atoms with Gasteiger partial charge in [0.25, 0.3) is 0 Å². The van der Waals surface area contributed by atoms with Crippen LogP contribution in [0.15, 0.2) is 28.7 Å². The molecular formula is C13H13NO2. The lowest BCUT2D eigenvalue weighted by molar-refractivity contribution is -0.120. The van der Waals surface area contributed by atoms with Crippen molar-refractivity contribution in [3.05, 3.63) is 30.2 Å². The Morgan fingerprint density at radius 1 is 1.19 bits per heavy atom. The van der Waals surface area contributed by atoms with Gasteiger partial charge in [-0.05, 0) is 25.0 Å². The Kier molecular flexibility index (Phi) is 2.24. The maximum atomic E-state index is 11.2. The topological polar surface area (TPSA) is 43.1 Å². The number of carbonyl (C=O) groups excluding carboxylic acids is 1. The van der Waals surface area contributed by atoms with Gasteiger partial charge in [-0.1, -0.05) is 12.1 Å². The predicted octanol–water partition coefficient (Wildman–Crippen LogP) is 3.05. The van der Waals surface area contributed by atoms with Crippen LogP contribution in [0.25, 0.3) is 11.1 Å². The maximum absolute atomic E-state index is 11.2. The fraction of sp³-hybridized carbons (Fsp3) is 0.385. The highest BCUT2D eigenvalue weighted by molar-refractivity contribution is 5.79. The molecule has 0 spiro atoms. The summed E-state index contributed by atoms with van der Waals surface area (Å²) in [6.45, 7) is 0. The number of benzene rings is 1. The molecule has 3 heteroatoms. The number of nitrogens with zero attached hydrogens (tertiary/aromatic N) is 1. The van der Waals surface area contributed by atoms with Gasteiger partial charge in [0.15, 0.2) is 11.5 Å². The van der Waals surface area contributed by atoms with Crippen molar-refractivity contribution in [2.45, 2.75) is 31.6 Å². The van der Waals surface area contributed by atoms with E-state index in [9.17, 15) is 4.79 Å². The lowest BCUT2D eigenvalue weighted by Gasteiger charge is -2.17. The van der Waals surface area contributed by atoms with Crippen LogP contribution >= 0.6 is 0 Å². The van der Waals surface area contributed by atoms with E-state index in [4.69, 9.17) is 4.42 Å². The number of oxazole rings is 1. The smallest absolute Gasteiger partial charge is 0.198 e. The number of fused-ring (bicyclic) bond motifs is 1.